The fraction of sp³-hybridized carbons (Fsp3) is 0.667. The quantitative estimate of drug-likeness (QED) is 0.787. The molecule has 0 saturated carbocycles. The second-order valence-corrected chi connectivity index (χ2v) is 5.33. The van der Waals surface area contributed by atoms with Crippen LogP contribution in [0.25, 0.3) is 0 Å². The minimum Gasteiger partial charge on any atom is -0.468 e. The Morgan fingerprint density at radius 3 is 3.00 bits per heavy atom. The van der Waals surface area contributed by atoms with Crippen molar-refractivity contribution >= 4 is 11.8 Å². The van der Waals surface area contributed by atoms with Gasteiger partial charge in [-0.05, 0) is 12.1 Å². The van der Waals surface area contributed by atoms with E-state index in [4.69, 9.17) is 4.42 Å². The van der Waals surface area contributed by atoms with E-state index in [9.17, 15) is 5.11 Å². The van der Waals surface area contributed by atoms with E-state index in [0.29, 0.717) is 0 Å². The molecule has 2 rings (SSSR count). The van der Waals surface area contributed by atoms with Gasteiger partial charge in [0, 0.05) is 38.5 Å². The number of rotatable bonds is 6. The third kappa shape index (κ3) is 4.71. The van der Waals surface area contributed by atoms with Crippen molar-refractivity contribution in [1.82, 2.24) is 10.2 Å². The fourth-order valence-corrected chi connectivity index (χ4v) is 2.80. The zero-order valence-corrected chi connectivity index (χ0v) is 10.8. The van der Waals surface area contributed by atoms with Gasteiger partial charge in [0.2, 0.25) is 0 Å². The number of aliphatic hydroxyl groups is 1. The van der Waals surface area contributed by atoms with Crippen LogP contribution in [0.15, 0.2) is 22.8 Å². The Kier molecular flexibility index (Phi) is 5.38. The molecule has 0 aliphatic carbocycles. The summed E-state index contributed by atoms with van der Waals surface area (Å²) in [5.74, 6) is 2.58. The molecule has 1 aromatic heterocycles. The molecule has 2 N–H and O–H groups in total. The minimum atomic E-state index is -0.243. The molecule has 0 amide bonds. The molecule has 1 aromatic rings. The molecule has 2 heterocycles. The molecule has 1 fully saturated rings. The molecule has 1 atom stereocenters. The number of hydrogen-bond donors (Lipinski definition) is 2. The van der Waals surface area contributed by atoms with E-state index in [1.165, 1.54) is 0 Å². The molecule has 0 spiro atoms. The Balaban J connectivity index is 1.58. The first kappa shape index (κ1) is 13.0. The van der Waals surface area contributed by atoms with E-state index >= 15 is 0 Å². The first-order valence-electron chi connectivity index (χ1n) is 6.06. The van der Waals surface area contributed by atoms with Gasteiger partial charge in [-0.2, -0.15) is 11.8 Å². The second kappa shape index (κ2) is 7.06. The first-order chi connectivity index (χ1) is 8.34. The molecular formula is C12H20N2O2S. The summed E-state index contributed by atoms with van der Waals surface area (Å²) in [5.41, 5.74) is 0. The first-order valence-corrected chi connectivity index (χ1v) is 7.21. The maximum atomic E-state index is 9.92. The molecule has 5 heteroatoms. The van der Waals surface area contributed by atoms with Gasteiger partial charge in [-0.1, -0.05) is 0 Å². The molecule has 4 nitrogen and oxygen atoms in total. The summed E-state index contributed by atoms with van der Waals surface area (Å²) >= 11 is 1.72. The van der Waals surface area contributed by atoms with Crippen LogP contribution in [0.4, 0.5) is 0 Å². The second-order valence-electron chi connectivity index (χ2n) is 4.30. The van der Waals surface area contributed by atoms with E-state index in [0.717, 1.165) is 50.0 Å². The van der Waals surface area contributed by atoms with Gasteiger partial charge in [-0.3, -0.25) is 4.90 Å². The highest BCUT2D eigenvalue weighted by molar-refractivity contribution is 7.98. The van der Waals surface area contributed by atoms with Gasteiger partial charge in [0.25, 0.3) is 0 Å². The number of furan rings is 1. The summed E-state index contributed by atoms with van der Waals surface area (Å²) in [7, 11) is 0. The van der Waals surface area contributed by atoms with Crippen molar-refractivity contribution in [3.63, 3.8) is 0 Å². The van der Waals surface area contributed by atoms with Crippen molar-refractivity contribution in [2.24, 2.45) is 0 Å². The van der Waals surface area contributed by atoms with Crippen LogP contribution in [-0.4, -0.2) is 54.6 Å². The van der Waals surface area contributed by atoms with Crippen molar-refractivity contribution in [1.29, 1.82) is 0 Å². The molecule has 17 heavy (non-hydrogen) atoms. The Morgan fingerprint density at radius 2 is 2.29 bits per heavy atom. The molecular weight excluding hydrogens is 236 g/mol. The van der Waals surface area contributed by atoms with Crippen LogP contribution >= 0.6 is 11.8 Å². The maximum absolute atomic E-state index is 9.92. The maximum Gasteiger partial charge on any atom is 0.113 e. The summed E-state index contributed by atoms with van der Waals surface area (Å²) in [6.07, 6.45) is 1.45. The highest BCUT2D eigenvalue weighted by atomic mass is 32.2. The molecule has 0 aromatic carbocycles. The number of hydrogen-bond acceptors (Lipinski definition) is 5. The van der Waals surface area contributed by atoms with E-state index < -0.39 is 0 Å². The lowest BCUT2D eigenvalue weighted by molar-refractivity contribution is 0.121. The average Bonchev–Trinajstić information content (AvgIpc) is 2.83. The Morgan fingerprint density at radius 1 is 1.47 bits per heavy atom. The van der Waals surface area contributed by atoms with Gasteiger partial charge in [-0.25, -0.2) is 0 Å². The number of aliphatic hydroxyl groups excluding tert-OH is 1. The Labute approximate surface area is 106 Å². The molecule has 1 aliphatic rings. The van der Waals surface area contributed by atoms with E-state index in [-0.39, 0.29) is 6.10 Å². The van der Waals surface area contributed by atoms with Crippen molar-refractivity contribution in [2.45, 2.75) is 11.9 Å². The Hall–Kier alpha value is -0.490. The smallest absolute Gasteiger partial charge is 0.113 e. The van der Waals surface area contributed by atoms with Crippen molar-refractivity contribution < 1.29 is 9.52 Å². The fourth-order valence-electron chi connectivity index (χ4n) is 1.93. The largest absolute Gasteiger partial charge is 0.468 e. The van der Waals surface area contributed by atoms with Gasteiger partial charge in [0.05, 0.1) is 18.1 Å². The lowest BCUT2D eigenvalue weighted by Gasteiger charge is -2.28. The lowest BCUT2D eigenvalue weighted by atomic mass is 10.3. The molecule has 0 bridgehead atoms. The van der Waals surface area contributed by atoms with Crippen molar-refractivity contribution in [3.05, 3.63) is 24.2 Å². The number of thioether (sulfide) groups is 1. The monoisotopic (exact) mass is 256 g/mol. The standard InChI is InChI=1S/C12H20N2O2S/c15-11(8-14-5-3-13-4-6-14)9-17-10-12-2-1-7-16-12/h1-2,7,11,13,15H,3-6,8-10H2. The van der Waals surface area contributed by atoms with Crippen molar-refractivity contribution in [2.75, 3.05) is 38.5 Å². The third-order valence-corrected chi connectivity index (χ3v) is 3.92. The van der Waals surface area contributed by atoms with Crippen LogP contribution in [0.5, 0.6) is 0 Å². The highest BCUT2D eigenvalue weighted by Crippen LogP contribution is 2.13. The van der Waals surface area contributed by atoms with Gasteiger partial charge < -0.3 is 14.8 Å². The highest BCUT2D eigenvalue weighted by Gasteiger charge is 2.14. The van der Waals surface area contributed by atoms with Crippen LogP contribution in [0.1, 0.15) is 5.76 Å². The van der Waals surface area contributed by atoms with Crippen LogP contribution in [0.2, 0.25) is 0 Å². The predicted octanol–water partition coefficient (Wildman–Crippen LogP) is 0.779. The average molecular weight is 256 g/mol. The van der Waals surface area contributed by atoms with E-state index in [2.05, 4.69) is 10.2 Å². The number of piperazine rings is 1. The van der Waals surface area contributed by atoms with Crippen molar-refractivity contribution in [3.8, 4) is 0 Å². The third-order valence-electron chi connectivity index (χ3n) is 2.81. The van der Waals surface area contributed by atoms with Crippen LogP contribution in [0.3, 0.4) is 0 Å². The molecule has 1 aliphatic heterocycles. The van der Waals surface area contributed by atoms with Crippen LogP contribution in [0, 0.1) is 0 Å². The molecule has 96 valence electrons. The molecule has 0 radical (unpaired) electrons. The zero-order chi connectivity index (χ0) is 11.9. The van der Waals surface area contributed by atoms with Gasteiger partial charge >= 0.3 is 0 Å². The van der Waals surface area contributed by atoms with E-state index in [1.54, 1.807) is 18.0 Å². The number of β-amino-alcohol motifs (C(OH)–C–C–N with tert-alkyl or cyclic N) is 1. The Bertz CT molecular complexity index is 299. The summed E-state index contributed by atoms with van der Waals surface area (Å²) in [5, 5.41) is 13.2. The zero-order valence-electron chi connectivity index (χ0n) is 9.97. The molecule has 1 unspecified atom stereocenters. The van der Waals surface area contributed by atoms with Gasteiger partial charge in [-0.15, -0.1) is 0 Å². The summed E-state index contributed by atoms with van der Waals surface area (Å²) in [4.78, 5) is 2.31. The predicted molar refractivity (Wildman–Crippen MR) is 70.2 cm³/mol. The normalized spacial score (nSPS) is 19.4. The SMILES string of the molecule is OC(CSCc1ccco1)CN1CCNCC1. The lowest BCUT2D eigenvalue weighted by Crippen LogP contribution is -2.46. The summed E-state index contributed by atoms with van der Waals surface area (Å²) in [6.45, 7) is 4.94. The number of nitrogens with zero attached hydrogens (tertiary/aromatic N) is 1. The molecule has 1 saturated heterocycles. The van der Waals surface area contributed by atoms with Gasteiger partial charge in [0.15, 0.2) is 0 Å². The number of nitrogens with one attached hydrogen (secondary N) is 1. The van der Waals surface area contributed by atoms with E-state index in [1.807, 2.05) is 12.1 Å². The summed E-state index contributed by atoms with van der Waals surface area (Å²) in [6, 6.07) is 3.86. The minimum absolute atomic E-state index is 0.243. The topological polar surface area (TPSA) is 48.6 Å². The van der Waals surface area contributed by atoms with Crippen LogP contribution < -0.4 is 5.32 Å². The van der Waals surface area contributed by atoms with Crippen LogP contribution in [-0.2, 0) is 5.75 Å². The van der Waals surface area contributed by atoms with Gasteiger partial charge in [0.1, 0.15) is 5.76 Å². The summed E-state index contributed by atoms with van der Waals surface area (Å²) < 4.78 is 5.24.